The minimum atomic E-state index is 0.00794. The van der Waals surface area contributed by atoms with E-state index in [0.29, 0.717) is 5.92 Å². The largest absolute Gasteiger partial charge is 0.280 e. The number of nitrogens with zero attached hydrogens (tertiary/aromatic N) is 4. The van der Waals surface area contributed by atoms with Crippen molar-refractivity contribution in [3.05, 3.63) is 77.5 Å². The van der Waals surface area contributed by atoms with Crippen LogP contribution in [0.5, 0.6) is 0 Å². The number of aryl methyl sites for hydroxylation is 1. The number of carbonyl (C=O) groups excluding carboxylic acids is 1. The van der Waals surface area contributed by atoms with E-state index in [0.717, 1.165) is 49.4 Å². The first-order valence-corrected chi connectivity index (χ1v) is 16.3. The minimum absolute atomic E-state index is 0.00794. The van der Waals surface area contributed by atoms with Crippen molar-refractivity contribution in [3.63, 3.8) is 0 Å². The maximum atomic E-state index is 13.7. The number of rotatable bonds is 7. The molecule has 1 aliphatic rings. The summed E-state index contributed by atoms with van der Waals surface area (Å²) in [5.74, 6) is 0.655. The van der Waals surface area contributed by atoms with Gasteiger partial charge in [0.1, 0.15) is 9.86 Å². The third-order valence-corrected chi connectivity index (χ3v) is 9.82. The molecule has 0 aliphatic heterocycles. The van der Waals surface area contributed by atoms with Gasteiger partial charge in [-0.15, -0.1) is 11.3 Å². The molecule has 0 unspecified atom stereocenters. The van der Waals surface area contributed by atoms with E-state index in [1.54, 1.807) is 28.0 Å². The number of fused-ring (bicyclic) bond motifs is 5. The number of hydrogen-bond donors (Lipinski definition) is 0. The summed E-state index contributed by atoms with van der Waals surface area (Å²) in [6.07, 6.45) is 6.59. The summed E-state index contributed by atoms with van der Waals surface area (Å²) in [5, 5.41) is 2.80. The zero-order chi connectivity index (χ0) is 26.9. The molecule has 0 radical (unpaired) electrons. The van der Waals surface area contributed by atoms with Gasteiger partial charge in [0, 0.05) is 22.5 Å². The molecule has 3 heterocycles. The van der Waals surface area contributed by atoms with Crippen LogP contribution in [0.2, 0.25) is 0 Å². The standard InChI is InChI=1S/C31H30N4OS3/c1-19(2)26-23-17-11-10-16-22(23)25-27-28(39-29(25)32-26)30(34-31(33-27)37-3)38-18-24(36)35(20-12-6-4-7-13-20)21-14-8-5-9-15-21/h4-9,12-15,19H,10-11,16-18H2,1-3H3. The van der Waals surface area contributed by atoms with Gasteiger partial charge in [-0.05, 0) is 73.2 Å². The van der Waals surface area contributed by atoms with Crippen LogP contribution >= 0.6 is 34.9 Å². The fourth-order valence-electron chi connectivity index (χ4n) is 5.36. The quantitative estimate of drug-likeness (QED) is 0.111. The number of amides is 1. The number of anilines is 2. The van der Waals surface area contributed by atoms with E-state index >= 15 is 0 Å². The van der Waals surface area contributed by atoms with Gasteiger partial charge in [0.05, 0.1) is 16.0 Å². The summed E-state index contributed by atoms with van der Waals surface area (Å²) in [5.41, 5.74) is 6.79. The van der Waals surface area contributed by atoms with E-state index in [1.165, 1.54) is 46.8 Å². The fraction of sp³-hybridized carbons (Fsp3) is 0.290. The number of thioether (sulfide) groups is 2. The summed E-state index contributed by atoms with van der Waals surface area (Å²) in [7, 11) is 0. The Morgan fingerprint density at radius 1 is 0.923 bits per heavy atom. The van der Waals surface area contributed by atoms with E-state index in [4.69, 9.17) is 15.0 Å². The van der Waals surface area contributed by atoms with Gasteiger partial charge in [0.15, 0.2) is 5.16 Å². The van der Waals surface area contributed by atoms with Crippen LogP contribution in [0.3, 0.4) is 0 Å². The molecular weight excluding hydrogens is 541 g/mol. The average molecular weight is 571 g/mol. The molecule has 3 aromatic heterocycles. The highest BCUT2D eigenvalue weighted by Gasteiger charge is 2.26. The van der Waals surface area contributed by atoms with Crippen LogP contribution in [-0.4, -0.2) is 32.9 Å². The number of thiophene rings is 1. The number of hydrogen-bond acceptors (Lipinski definition) is 7. The van der Waals surface area contributed by atoms with Gasteiger partial charge < -0.3 is 0 Å². The first kappa shape index (κ1) is 26.3. The second kappa shape index (κ2) is 11.3. The maximum absolute atomic E-state index is 13.7. The molecule has 0 spiro atoms. The molecule has 0 atom stereocenters. The van der Waals surface area contributed by atoms with Crippen LogP contribution in [0.15, 0.2) is 70.8 Å². The Balaban J connectivity index is 1.41. The second-order valence-corrected chi connectivity index (χ2v) is 12.7. The first-order valence-electron chi connectivity index (χ1n) is 13.3. The lowest BCUT2D eigenvalue weighted by molar-refractivity contribution is -0.115. The molecule has 0 N–H and O–H groups in total. The van der Waals surface area contributed by atoms with E-state index in [-0.39, 0.29) is 11.7 Å². The molecular formula is C31H30N4OS3. The molecule has 39 heavy (non-hydrogen) atoms. The molecule has 0 saturated heterocycles. The minimum Gasteiger partial charge on any atom is -0.280 e. The third kappa shape index (κ3) is 5.06. The molecule has 1 aliphatic carbocycles. The molecule has 8 heteroatoms. The van der Waals surface area contributed by atoms with Crippen molar-refractivity contribution in [3.8, 4) is 0 Å². The van der Waals surface area contributed by atoms with Crippen LogP contribution in [0.1, 0.15) is 49.4 Å². The highest BCUT2D eigenvalue weighted by molar-refractivity contribution is 8.00. The molecule has 0 saturated carbocycles. The van der Waals surface area contributed by atoms with Crippen LogP contribution in [0.25, 0.3) is 20.4 Å². The molecule has 2 aromatic carbocycles. The molecule has 198 valence electrons. The Hall–Kier alpha value is -2.94. The highest BCUT2D eigenvalue weighted by atomic mass is 32.2. The lowest BCUT2D eigenvalue weighted by Gasteiger charge is -2.23. The smallest absolute Gasteiger partial charge is 0.241 e. The highest BCUT2D eigenvalue weighted by Crippen LogP contribution is 2.43. The van der Waals surface area contributed by atoms with Crippen LogP contribution in [0, 0.1) is 0 Å². The summed E-state index contributed by atoms with van der Waals surface area (Å²) in [6, 6.07) is 19.6. The monoisotopic (exact) mass is 570 g/mol. The van der Waals surface area contributed by atoms with Crippen molar-refractivity contribution in [2.75, 3.05) is 16.9 Å². The van der Waals surface area contributed by atoms with Crippen molar-refractivity contribution in [2.45, 2.75) is 55.6 Å². The van der Waals surface area contributed by atoms with Gasteiger partial charge in [-0.2, -0.15) is 0 Å². The van der Waals surface area contributed by atoms with Gasteiger partial charge in [0.25, 0.3) is 0 Å². The predicted octanol–water partition coefficient (Wildman–Crippen LogP) is 8.42. The van der Waals surface area contributed by atoms with Crippen LogP contribution < -0.4 is 4.90 Å². The topological polar surface area (TPSA) is 59.0 Å². The molecule has 1 amide bonds. The van der Waals surface area contributed by atoms with Gasteiger partial charge in [-0.1, -0.05) is 73.8 Å². The Labute approximate surface area is 241 Å². The van der Waals surface area contributed by atoms with Gasteiger partial charge >= 0.3 is 0 Å². The van der Waals surface area contributed by atoms with E-state index < -0.39 is 0 Å². The maximum Gasteiger partial charge on any atom is 0.241 e. The summed E-state index contributed by atoms with van der Waals surface area (Å²) < 4.78 is 1.03. The fourth-order valence-corrected chi connectivity index (χ4v) is 7.89. The Kier molecular flexibility index (Phi) is 7.60. The van der Waals surface area contributed by atoms with E-state index in [2.05, 4.69) is 13.8 Å². The average Bonchev–Trinajstić information content (AvgIpc) is 3.35. The van der Waals surface area contributed by atoms with Crippen molar-refractivity contribution in [2.24, 2.45) is 0 Å². The second-order valence-electron chi connectivity index (χ2n) is 9.98. The molecule has 6 rings (SSSR count). The van der Waals surface area contributed by atoms with Crippen molar-refractivity contribution in [1.82, 2.24) is 15.0 Å². The molecule has 5 aromatic rings. The van der Waals surface area contributed by atoms with Crippen molar-refractivity contribution < 1.29 is 4.79 Å². The lowest BCUT2D eigenvalue weighted by atomic mass is 9.86. The first-order chi connectivity index (χ1) is 19.0. The van der Waals surface area contributed by atoms with Gasteiger partial charge in [-0.25, -0.2) is 15.0 Å². The molecule has 0 fully saturated rings. The Bertz CT molecular complexity index is 1610. The Morgan fingerprint density at radius 2 is 1.56 bits per heavy atom. The number of carbonyl (C=O) groups is 1. The third-order valence-electron chi connectivity index (χ3n) is 7.10. The van der Waals surface area contributed by atoms with Crippen molar-refractivity contribution in [1.29, 1.82) is 0 Å². The number of benzene rings is 2. The SMILES string of the molecule is CSc1nc(SCC(=O)N(c2ccccc2)c2ccccc2)c2sc3nc(C(C)C)c4c(c3c2n1)CCCC4. The van der Waals surface area contributed by atoms with Gasteiger partial charge in [-0.3, -0.25) is 9.69 Å². The number of para-hydroxylation sites is 2. The van der Waals surface area contributed by atoms with Crippen molar-refractivity contribution >= 4 is 72.6 Å². The summed E-state index contributed by atoms with van der Waals surface area (Å²) in [4.78, 5) is 31.6. The zero-order valence-electron chi connectivity index (χ0n) is 22.3. The lowest BCUT2D eigenvalue weighted by Crippen LogP contribution is -2.27. The normalized spacial score (nSPS) is 13.2. The number of aromatic nitrogens is 3. The Morgan fingerprint density at radius 3 is 2.18 bits per heavy atom. The zero-order valence-corrected chi connectivity index (χ0v) is 24.8. The summed E-state index contributed by atoms with van der Waals surface area (Å²) >= 11 is 4.71. The predicted molar refractivity (Wildman–Crippen MR) is 166 cm³/mol. The molecule has 5 nitrogen and oxygen atoms in total. The van der Waals surface area contributed by atoms with E-state index in [1.807, 2.05) is 66.9 Å². The van der Waals surface area contributed by atoms with Crippen LogP contribution in [0.4, 0.5) is 11.4 Å². The summed E-state index contributed by atoms with van der Waals surface area (Å²) in [6.45, 7) is 4.47. The van der Waals surface area contributed by atoms with Gasteiger partial charge in [0.2, 0.25) is 5.91 Å². The van der Waals surface area contributed by atoms with E-state index in [9.17, 15) is 4.79 Å². The molecule has 0 bridgehead atoms. The number of pyridine rings is 1. The van der Waals surface area contributed by atoms with Crippen LogP contribution in [-0.2, 0) is 17.6 Å².